The lowest BCUT2D eigenvalue weighted by Gasteiger charge is -2.16. The topological polar surface area (TPSA) is 94.4 Å². The highest BCUT2D eigenvalue weighted by atomic mass is 35.5. The van der Waals surface area contributed by atoms with Crippen LogP contribution in [-0.2, 0) is 27.1 Å². The maximum Gasteiger partial charge on any atom is 0.331 e. The fourth-order valence-electron chi connectivity index (χ4n) is 3.48. The van der Waals surface area contributed by atoms with Gasteiger partial charge in [0.05, 0.1) is 17.2 Å². The molecule has 3 rings (SSSR count). The molecular formula is C24H26Cl2N4O4. The highest BCUT2D eigenvalue weighted by molar-refractivity contribution is 6.42. The minimum absolute atomic E-state index is 0.0175. The first-order valence-corrected chi connectivity index (χ1v) is 11.4. The first kappa shape index (κ1) is 25.4. The van der Waals surface area contributed by atoms with Crippen LogP contribution in [0.1, 0.15) is 28.0 Å². The first-order chi connectivity index (χ1) is 16.2. The van der Waals surface area contributed by atoms with Gasteiger partial charge >= 0.3 is 5.69 Å². The third-order valence-electron chi connectivity index (χ3n) is 5.42. The molecule has 0 spiro atoms. The standard InChI is InChI=1S/C24H26Cl2N4O4/c1-29-21(22(31)27-12-4-5-15-8-11-18(25)19(26)13-15)20(23(32)30(2)24(29)33)28-14-16-6-9-17(34-3)10-7-16/h6-11,13,28H,4-5,12,14H2,1-3H3,(H,27,31). The molecule has 0 aliphatic rings. The second-order valence-corrected chi connectivity index (χ2v) is 8.55. The molecule has 1 heterocycles. The van der Waals surface area contributed by atoms with Crippen molar-refractivity contribution in [1.29, 1.82) is 0 Å². The Morgan fingerprint density at radius 2 is 1.65 bits per heavy atom. The molecule has 8 nitrogen and oxygen atoms in total. The molecule has 0 fully saturated rings. The zero-order valence-corrected chi connectivity index (χ0v) is 20.7. The Morgan fingerprint density at radius 1 is 0.971 bits per heavy atom. The van der Waals surface area contributed by atoms with Gasteiger partial charge in [0, 0.05) is 27.2 Å². The molecule has 0 aliphatic heterocycles. The van der Waals surface area contributed by atoms with E-state index in [-0.39, 0.29) is 17.9 Å². The second kappa shape index (κ2) is 11.3. The number of ether oxygens (including phenoxy) is 1. The Hall–Kier alpha value is -3.23. The maximum absolute atomic E-state index is 13.0. The summed E-state index contributed by atoms with van der Waals surface area (Å²) in [6, 6.07) is 12.7. The van der Waals surface area contributed by atoms with Crippen molar-refractivity contribution in [1.82, 2.24) is 14.5 Å². The number of rotatable bonds is 9. The molecule has 0 atom stereocenters. The van der Waals surface area contributed by atoms with Crippen LogP contribution in [0.15, 0.2) is 52.1 Å². The van der Waals surface area contributed by atoms with Gasteiger partial charge in [0.25, 0.3) is 11.5 Å². The van der Waals surface area contributed by atoms with Gasteiger partial charge in [0.1, 0.15) is 17.1 Å². The average Bonchev–Trinajstić information content (AvgIpc) is 2.84. The van der Waals surface area contributed by atoms with Crippen LogP contribution in [0.4, 0.5) is 5.69 Å². The second-order valence-electron chi connectivity index (χ2n) is 7.74. The molecule has 1 amide bonds. The van der Waals surface area contributed by atoms with Crippen molar-refractivity contribution in [2.45, 2.75) is 19.4 Å². The van der Waals surface area contributed by atoms with Gasteiger partial charge in [-0.25, -0.2) is 4.79 Å². The number of aryl methyl sites for hydroxylation is 1. The number of hydrogen-bond acceptors (Lipinski definition) is 5. The number of carbonyl (C=O) groups is 1. The molecule has 2 aromatic carbocycles. The summed E-state index contributed by atoms with van der Waals surface area (Å²) in [5.41, 5.74) is 0.758. The van der Waals surface area contributed by atoms with Gasteiger partial charge in [-0.05, 0) is 48.2 Å². The summed E-state index contributed by atoms with van der Waals surface area (Å²) in [5.74, 6) is 0.200. The number of methoxy groups -OCH3 is 1. The lowest BCUT2D eigenvalue weighted by atomic mass is 10.1. The van der Waals surface area contributed by atoms with E-state index in [0.29, 0.717) is 35.2 Å². The van der Waals surface area contributed by atoms with E-state index in [1.165, 1.54) is 18.7 Å². The third kappa shape index (κ3) is 5.81. The van der Waals surface area contributed by atoms with Gasteiger partial charge in [-0.2, -0.15) is 0 Å². The van der Waals surface area contributed by atoms with Crippen LogP contribution in [0.3, 0.4) is 0 Å². The number of amides is 1. The molecule has 0 bridgehead atoms. The molecule has 0 saturated heterocycles. The van der Waals surface area contributed by atoms with Crippen LogP contribution in [0, 0.1) is 0 Å². The van der Waals surface area contributed by atoms with Crippen LogP contribution < -0.4 is 26.6 Å². The summed E-state index contributed by atoms with van der Waals surface area (Å²) in [6.07, 6.45) is 1.31. The Kier molecular flexibility index (Phi) is 8.41. The Morgan fingerprint density at radius 3 is 2.29 bits per heavy atom. The first-order valence-electron chi connectivity index (χ1n) is 10.6. The van der Waals surface area contributed by atoms with Crippen molar-refractivity contribution in [2.75, 3.05) is 19.0 Å². The summed E-state index contributed by atoms with van der Waals surface area (Å²) in [4.78, 5) is 38.3. The third-order valence-corrected chi connectivity index (χ3v) is 6.16. The van der Waals surface area contributed by atoms with Crippen molar-refractivity contribution in [3.05, 3.63) is 90.2 Å². The summed E-state index contributed by atoms with van der Waals surface area (Å²) >= 11 is 12.0. The minimum atomic E-state index is -0.582. The summed E-state index contributed by atoms with van der Waals surface area (Å²) in [7, 11) is 4.42. The zero-order valence-electron chi connectivity index (χ0n) is 19.2. The normalized spacial score (nSPS) is 10.7. The SMILES string of the molecule is COc1ccc(CNc2c(C(=O)NCCCc3ccc(Cl)c(Cl)c3)n(C)c(=O)n(C)c2=O)cc1. The van der Waals surface area contributed by atoms with Crippen LogP contribution in [0.5, 0.6) is 5.75 Å². The number of anilines is 1. The number of carbonyl (C=O) groups excluding carboxylic acids is 1. The Balaban J connectivity index is 1.74. The molecule has 1 aromatic heterocycles. The van der Waals surface area contributed by atoms with Crippen molar-refractivity contribution < 1.29 is 9.53 Å². The Labute approximate surface area is 207 Å². The van der Waals surface area contributed by atoms with Crippen LogP contribution in [0.25, 0.3) is 0 Å². The quantitative estimate of drug-likeness (QED) is 0.435. The number of aromatic nitrogens is 2. The number of hydrogen-bond donors (Lipinski definition) is 2. The van der Waals surface area contributed by atoms with Crippen LogP contribution >= 0.6 is 23.2 Å². The van der Waals surface area contributed by atoms with E-state index in [1.807, 2.05) is 18.2 Å². The van der Waals surface area contributed by atoms with E-state index >= 15 is 0 Å². The summed E-state index contributed by atoms with van der Waals surface area (Å²) in [5, 5.41) is 6.80. The number of nitrogens with zero attached hydrogens (tertiary/aromatic N) is 2. The number of benzene rings is 2. The van der Waals surface area contributed by atoms with E-state index in [4.69, 9.17) is 27.9 Å². The smallest absolute Gasteiger partial charge is 0.331 e. The van der Waals surface area contributed by atoms with Gasteiger partial charge in [0.15, 0.2) is 0 Å². The van der Waals surface area contributed by atoms with E-state index in [1.54, 1.807) is 31.4 Å². The fraction of sp³-hybridized carbons (Fsp3) is 0.292. The number of halogens is 2. The van der Waals surface area contributed by atoms with Gasteiger partial charge in [-0.3, -0.25) is 18.7 Å². The van der Waals surface area contributed by atoms with Gasteiger partial charge in [-0.15, -0.1) is 0 Å². The fourth-order valence-corrected chi connectivity index (χ4v) is 3.80. The van der Waals surface area contributed by atoms with E-state index in [9.17, 15) is 14.4 Å². The molecule has 0 radical (unpaired) electrons. The maximum atomic E-state index is 13.0. The van der Waals surface area contributed by atoms with Crippen molar-refractivity contribution in [2.24, 2.45) is 14.1 Å². The van der Waals surface area contributed by atoms with Crippen molar-refractivity contribution in [3.63, 3.8) is 0 Å². The molecule has 0 unspecified atom stereocenters. The molecule has 2 N–H and O–H groups in total. The lowest BCUT2D eigenvalue weighted by Crippen LogP contribution is -2.43. The van der Waals surface area contributed by atoms with E-state index < -0.39 is 17.2 Å². The minimum Gasteiger partial charge on any atom is -0.497 e. The van der Waals surface area contributed by atoms with Crippen LogP contribution in [-0.4, -0.2) is 28.7 Å². The zero-order chi connectivity index (χ0) is 24.8. The van der Waals surface area contributed by atoms with Gasteiger partial charge < -0.3 is 15.4 Å². The van der Waals surface area contributed by atoms with E-state index in [2.05, 4.69) is 10.6 Å². The molecular weight excluding hydrogens is 479 g/mol. The molecule has 34 heavy (non-hydrogen) atoms. The van der Waals surface area contributed by atoms with Crippen molar-refractivity contribution >= 4 is 34.8 Å². The number of nitrogens with one attached hydrogen (secondary N) is 2. The van der Waals surface area contributed by atoms with Gasteiger partial charge in [-0.1, -0.05) is 41.4 Å². The summed E-state index contributed by atoms with van der Waals surface area (Å²) in [6.45, 7) is 0.634. The van der Waals surface area contributed by atoms with Gasteiger partial charge in [0.2, 0.25) is 0 Å². The highest BCUT2D eigenvalue weighted by Gasteiger charge is 2.21. The lowest BCUT2D eigenvalue weighted by molar-refractivity contribution is 0.0944. The monoisotopic (exact) mass is 504 g/mol. The van der Waals surface area contributed by atoms with Crippen LogP contribution in [0.2, 0.25) is 10.0 Å². The highest BCUT2D eigenvalue weighted by Crippen LogP contribution is 2.23. The van der Waals surface area contributed by atoms with Crippen molar-refractivity contribution in [3.8, 4) is 5.75 Å². The largest absolute Gasteiger partial charge is 0.497 e. The average molecular weight is 505 g/mol. The molecule has 10 heteroatoms. The molecule has 180 valence electrons. The summed E-state index contributed by atoms with van der Waals surface area (Å²) < 4.78 is 7.30. The predicted octanol–water partition coefficient (Wildman–Crippen LogP) is 3.37. The Bertz CT molecular complexity index is 1300. The molecule has 0 aliphatic carbocycles. The van der Waals surface area contributed by atoms with E-state index in [0.717, 1.165) is 15.7 Å². The predicted molar refractivity (Wildman–Crippen MR) is 134 cm³/mol. The molecule has 3 aromatic rings. The molecule has 0 saturated carbocycles.